The Morgan fingerprint density at radius 2 is 2.11 bits per heavy atom. The number of aromatic carboxylic acids is 1. The molecule has 0 aliphatic rings. The first-order valence-electron chi connectivity index (χ1n) is 5.82. The molecule has 0 aliphatic heterocycles. The van der Waals surface area contributed by atoms with Crippen LogP contribution in [0.5, 0.6) is 0 Å². The van der Waals surface area contributed by atoms with Gasteiger partial charge in [0.15, 0.2) is 5.76 Å². The molecule has 1 amide bonds. The van der Waals surface area contributed by atoms with Crippen LogP contribution in [0.1, 0.15) is 40.7 Å². The lowest BCUT2D eigenvalue weighted by atomic mass is 10.2. The van der Waals surface area contributed by atoms with Gasteiger partial charge in [-0.05, 0) is 6.42 Å². The predicted molar refractivity (Wildman–Crippen MR) is 63.6 cm³/mol. The third-order valence-electron chi connectivity index (χ3n) is 2.50. The van der Waals surface area contributed by atoms with Gasteiger partial charge in [0.05, 0.1) is 12.2 Å². The van der Waals surface area contributed by atoms with Gasteiger partial charge in [-0.15, -0.1) is 0 Å². The number of unbranched alkanes of at least 4 members (excludes halogenated alkanes) is 1. The van der Waals surface area contributed by atoms with Crippen molar-refractivity contribution in [2.24, 2.45) is 0 Å². The van der Waals surface area contributed by atoms with E-state index in [0.717, 1.165) is 19.1 Å². The minimum Gasteiger partial charge on any atom is -0.478 e. The fourth-order valence-corrected chi connectivity index (χ4v) is 1.50. The summed E-state index contributed by atoms with van der Waals surface area (Å²) in [5.74, 6) is -1.55. The zero-order valence-corrected chi connectivity index (χ0v) is 10.3. The van der Waals surface area contributed by atoms with Crippen molar-refractivity contribution in [3.63, 3.8) is 0 Å². The molecule has 6 nitrogen and oxygen atoms in total. The van der Waals surface area contributed by atoms with Crippen molar-refractivity contribution in [1.29, 1.82) is 0 Å². The zero-order chi connectivity index (χ0) is 13.5. The van der Waals surface area contributed by atoms with E-state index in [-0.39, 0.29) is 24.5 Å². The first kappa shape index (κ1) is 14.2. The summed E-state index contributed by atoms with van der Waals surface area (Å²) >= 11 is 0. The Balaban J connectivity index is 2.77. The highest BCUT2D eigenvalue weighted by atomic mass is 16.4. The molecule has 0 fully saturated rings. The second-order valence-corrected chi connectivity index (χ2v) is 3.87. The molecule has 18 heavy (non-hydrogen) atoms. The van der Waals surface area contributed by atoms with Crippen LogP contribution in [0.25, 0.3) is 0 Å². The van der Waals surface area contributed by atoms with Gasteiger partial charge in [-0.25, -0.2) is 4.79 Å². The van der Waals surface area contributed by atoms with Crippen LogP contribution in [0.2, 0.25) is 0 Å². The van der Waals surface area contributed by atoms with Gasteiger partial charge in [-0.2, -0.15) is 0 Å². The second kappa shape index (κ2) is 6.80. The Kier molecular flexibility index (Phi) is 5.38. The Bertz CT molecular complexity index is 412. The lowest BCUT2D eigenvalue weighted by Crippen LogP contribution is -2.34. The Morgan fingerprint density at radius 3 is 2.61 bits per heavy atom. The fourth-order valence-electron chi connectivity index (χ4n) is 1.50. The molecule has 0 spiro atoms. The average molecular weight is 255 g/mol. The monoisotopic (exact) mass is 255 g/mol. The topological polar surface area (TPSA) is 91.0 Å². The molecule has 0 aromatic carbocycles. The van der Waals surface area contributed by atoms with E-state index in [2.05, 4.69) is 0 Å². The van der Waals surface area contributed by atoms with Crippen molar-refractivity contribution < 1.29 is 24.2 Å². The number of aliphatic hydroxyl groups excluding tert-OH is 1. The van der Waals surface area contributed by atoms with E-state index >= 15 is 0 Å². The number of carbonyl (C=O) groups excluding carboxylic acids is 1. The van der Waals surface area contributed by atoms with E-state index in [4.69, 9.17) is 14.6 Å². The van der Waals surface area contributed by atoms with Crippen LogP contribution in [-0.4, -0.2) is 46.7 Å². The van der Waals surface area contributed by atoms with E-state index in [0.29, 0.717) is 6.54 Å². The third kappa shape index (κ3) is 3.59. The summed E-state index contributed by atoms with van der Waals surface area (Å²) in [4.78, 5) is 24.1. The van der Waals surface area contributed by atoms with E-state index in [9.17, 15) is 9.59 Å². The highest BCUT2D eigenvalue weighted by molar-refractivity contribution is 5.95. The summed E-state index contributed by atoms with van der Waals surface area (Å²) in [6.45, 7) is 2.58. The van der Waals surface area contributed by atoms with E-state index < -0.39 is 11.9 Å². The molecular weight excluding hydrogens is 238 g/mol. The minimum absolute atomic E-state index is 0.0167. The van der Waals surface area contributed by atoms with Crippen molar-refractivity contribution in [3.8, 4) is 0 Å². The van der Waals surface area contributed by atoms with Gasteiger partial charge in [-0.3, -0.25) is 4.79 Å². The van der Waals surface area contributed by atoms with Gasteiger partial charge in [-0.1, -0.05) is 13.3 Å². The molecule has 0 saturated heterocycles. The van der Waals surface area contributed by atoms with Gasteiger partial charge in [0, 0.05) is 19.2 Å². The number of rotatable bonds is 7. The van der Waals surface area contributed by atoms with Gasteiger partial charge in [0.25, 0.3) is 5.91 Å². The fraction of sp³-hybridized carbons (Fsp3) is 0.500. The number of hydrogen-bond donors (Lipinski definition) is 2. The molecule has 1 heterocycles. The number of nitrogens with zero attached hydrogens (tertiary/aromatic N) is 1. The van der Waals surface area contributed by atoms with Crippen LogP contribution in [0.4, 0.5) is 0 Å². The molecule has 2 N–H and O–H groups in total. The number of carboxylic acid groups (broad SMARTS) is 1. The van der Waals surface area contributed by atoms with Crippen LogP contribution >= 0.6 is 0 Å². The smallest absolute Gasteiger partial charge is 0.338 e. The summed E-state index contributed by atoms with van der Waals surface area (Å²) in [6, 6.07) is 1.20. The van der Waals surface area contributed by atoms with E-state index in [1.807, 2.05) is 6.92 Å². The standard InChI is InChI=1S/C12H17NO5/c1-2-3-4-13(5-6-14)11(15)10-7-9(8-18-10)12(16)17/h7-8,14H,2-6H2,1H3,(H,16,17). The number of carbonyl (C=O) groups is 2. The van der Waals surface area contributed by atoms with Gasteiger partial charge < -0.3 is 19.5 Å². The van der Waals surface area contributed by atoms with Crippen LogP contribution in [0, 0.1) is 0 Å². The summed E-state index contributed by atoms with van der Waals surface area (Å²) in [5.41, 5.74) is -0.0576. The van der Waals surface area contributed by atoms with Crippen molar-refractivity contribution >= 4 is 11.9 Å². The highest BCUT2D eigenvalue weighted by Crippen LogP contribution is 2.11. The molecule has 0 aliphatic carbocycles. The van der Waals surface area contributed by atoms with Crippen molar-refractivity contribution in [2.45, 2.75) is 19.8 Å². The number of aliphatic hydroxyl groups is 1. The molecule has 1 aromatic heterocycles. The molecule has 1 aromatic rings. The van der Waals surface area contributed by atoms with Gasteiger partial charge in [0.2, 0.25) is 0 Å². The lowest BCUT2D eigenvalue weighted by molar-refractivity contribution is 0.0683. The molecular formula is C12H17NO5. The van der Waals surface area contributed by atoms with Gasteiger partial charge >= 0.3 is 5.97 Å². The van der Waals surface area contributed by atoms with Crippen LogP contribution < -0.4 is 0 Å². The maximum atomic E-state index is 12.0. The molecule has 1 rings (SSSR count). The van der Waals surface area contributed by atoms with E-state index in [1.165, 1.54) is 11.0 Å². The predicted octanol–water partition coefficient (Wildman–Crippen LogP) is 1.21. The maximum absolute atomic E-state index is 12.0. The molecule has 0 saturated carbocycles. The Hall–Kier alpha value is -1.82. The summed E-state index contributed by atoms with van der Waals surface area (Å²) in [7, 11) is 0. The molecule has 6 heteroatoms. The first-order valence-corrected chi connectivity index (χ1v) is 5.82. The number of hydrogen-bond acceptors (Lipinski definition) is 4. The normalized spacial score (nSPS) is 10.3. The number of carboxylic acids is 1. The van der Waals surface area contributed by atoms with Crippen molar-refractivity contribution in [3.05, 3.63) is 23.7 Å². The zero-order valence-electron chi connectivity index (χ0n) is 10.3. The van der Waals surface area contributed by atoms with Crippen LogP contribution in [0.3, 0.4) is 0 Å². The molecule has 0 atom stereocenters. The van der Waals surface area contributed by atoms with Crippen molar-refractivity contribution in [2.75, 3.05) is 19.7 Å². The number of furan rings is 1. The summed E-state index contributed by atoms with van der Waals surface area (Å²) in [6.07, 6.45) is 2.78. The third-order valence-corrected chi connectivity index (χ3v) is 2.50. The lowest BCUT2D eigenvalue weighted by Gasteiger charge is -2.20. The Morgan fingerprint density at radius 1 is 1.39 bits per heavy atom. The Labute approximate surface area is 105 Å². The molecule has 100 valence electrons. The highest BCUT2D eigenvalue weighted by Gasteiger charge is 2.20. The van der Waals surface area contributed by atoms with Crippen LogP contribution in [0.15, 0.2) is 16.7 Å². The largest absolute Gasteiger partial charge is 0.478 e. The quantitative estimate of drug-likeness (QED) is 0.764. The molecule has 0 bridgehead atoms. The second-order valence-electron chi connectivity index (χ2n) is 3.87. The van der Waals surface area contributed by atoms with Crippen molar-refractivity contribution in [1.82, 2.24) is 4.90 Å². The van der Waals surface area contributed by atoms with Gasteiger partial charge in [0.1, 0.15) is 6.26 Å². The minimum atomic E-state index is -1.14. The average Bonchev–Trinajstić information content (AvgIpc) is 2.83. The summed E-state index contributed by atoms with van der Waals surface area (Å²) in [5, 5.41) is 17.6. The molecule has 0 unspecified atom stereocenters. The number of amides is 1. The van der Waals surface area contributed by atoms with E-state index in [1.54, 1.807) is 0 Å². The SMILES string of the molecule is CCCCN(CCO)C(=O)c1cc(C(=O)O)co1. The maximum Gasteiger partial charge on any atom is 0.338 e. The summed E-state index contributed by atoms with van der Waals surface area (Å²) < 4.78 is 4.94. The molecule has 0 radical (unpaired) electrons. The van der Waals surface area contributed by atoms with Crippen LogP contribution in [-0.2, 0) is 0 Å². The first-order chi connectivity index (χ1) is 8.60.